The highest BCUT2D eigenvalue weighted by atomic mass is 16.5. The first-order valence-corrected chi connectivity index (χ1v) is 8.08. The van der Waals surface area contributed by atoms with Gasteiger partial charge in [-0.25, -0.2) is 0 Å². The van der Waals surface area contributed by atoms with E-state index >= 15 is 0 Å². The Morgan fingerprint density at radius 2 is 2.00 bits per heavy atom. The van der Waals surface area contributed by atoms with E-state index in [0.717, 1.165) is 25.4 Å². The van der Waals surface area contributed by atoms with Gasteiger partial charge in [-0.05, 0) is 52.8 Å². The zero-order valence-electron chi connectivity index (χ0n) is 13.7. The molecule has 0 saturated carbocycles. The van der Waals surface area contributed by atoms with Gasteiger partial charge in [0.2, 0.25) is 0 Å². The second-order valence-corrected chi connectivity index (χ2v) is 6.84. The van der Waals surface area contributed by atoms with Gasteiger partial charge >= 0.3 is 0 Å². The third-order valence-corrected chi connectivity index (χ3v) is 3.79. The molecule has 2 rings (SSSR count). The van der Waals surface area contributed by atoms with Crippen LogP contribution in [0.3, 0.4) is 0 Å². The van der Waals surface area contributed by atoms with Gasteiger partial charge in [-0.15, -0.1) is 0 Å². The summed E-state index contributed by atoms with van der Waals surface area (Å²) in [6.07, 6.45) is 7.69. The average Bonchev–Trinajstić information content (AvgIpc) is 2.46. The number of nitrogens with one attached hydrogen (secondary N) is 1. The number of hydrogen-bond donors (Lipinski definition) is 1. The maximum absolute atomic E-state index is 5.96. The van der Waals surface area contributed by atoms with Gasteiger partial charge in [0.15, 0.2) is 0 Å². The van der Waals surface area contributed by atoms with Crippen LogP contribution >= 0.6 is 0 Å². The molecule has 118 valence electrons. The number of aromatic nitrogens is 1. The van der Waals surface area contributed by atoms with Crippen molar-refractivity contribution < 1.29 is 4.74 Å². The van der Waals surface area contributed by atoms with Crippen LogP contribution in [0.4, 0.5) is 0 Å². The number of pyridine rings is 1. The largest absolute Gasteiger partial charge is 0.490 e. The Morgan fingerprint density at radius 3 is 2.71 bits per heavy atom. The number of hydrogen-bond acceptors (Lipinski definition) is 4. The van der Waals surface area contributed by atoms with Crippen LogP contribution in [0.1, 0.15) is 45.6 Å². The monoisotopic (exact) mass is 291 g/mol. The Hall–Kier alpha value is -1.13. The molecule has 0 atom stereocenters. The van der Waals surface area contributed by atoms with Crippen molar-refractivity contribution in [2.45, 2.75) is 52.1 Å². The molecule has 1 fully saturated rings. The Bertz CT molecular complexity index is 422. The highest BCUT2D eigenvalue weighted by Crippen LogP contribution is 2.17. The van der Waals surface area contributed by atoms with E-state index in [9.17, 15) is 0 Å². The summed E-state index contributed by atoms with van der Waals surface area (Å²) in [5.41, 5.74) is 1.28. The van der Waals surface area contributed by atoms with Crippen molar-refractivity contribution in [1.82, 2.24) is 15.2 Å². The summed E-state index contributed by atoms with van der Waals surface area (Å²) in [6.45, 7) is 11.5. The summed E-state index contributed by atoms with van der Waals surface area (Å²) in [4.78, 5) is 6.68. The Labute approximate surface area is 128 Å². The number of nitrogens with zero attached hydrogens (tertiary/aromatic N) is 2. The zero-order valence-corrected chi connectivity index (χ0v) is 13.7. The maximum Gasteiger partial charge on any atom is 0.142 e. The second kappa shape index (κ2) is 7.76. The number of ether oxygens (including phenoxy) is 1. The standard InChI is InChI=1S/C17H29N3O/c1-17(2,3)19-13-15-7-8-18-14-16(15)21-12-11-20-9-5-4-6-10-20/h7-8,14,19H,4-6,9-13H2,1-3H3. The van der Waals surface area contributed by atoms with Crippen LogP contribution in [0.25, 0.3) is 0 Å². The van der Waals surface area contributed by atoms with Gasteiger partial charge in [0.1, 0.15) is 12.4 Å². The first-order valence-electron chi connectivity index (χ1n) is 8.08. The van der Waals surface area contributed by atoms with Crippen molar-refractivity contribution in [3.05, 3.63) is 24.0 Å². The van der Waals surface area contributed by atoms with Crippen LogP contribution < -0.4 is 10.1 Å². The first-order chi connectivity index (χ1) is 10.0. The molecular formula is C17H29N3O. The summed E-state index contributed by atoms with van der Waals surface area (Å²) < 4.78 is 5.96. The smallest absolute Gasteiger partial charge is 0.142 e. The van der Waals surface area contributed by atoms with E-state index in [1.54, 1.807) is 0 Å². The van der Waals surface area contributed by atoms with Gasteiger partial charge in [-0.3, -0.25) is 9.88 Å². The molecule has 0 unspecified atom stereocenters. The molecule has 0 radical (unpaired) electrons. The van der Waals surface area contributed by atoms with Crippen LogP contribution in [-0.4, -0.2) is 41.7 Å². The number of rotatable bonds is 6. The van der Waals surface area contributed by atoms with E-state index < -0.39 is 0 Å². The van der Waals surface area contributed by atoms with Gasteiger partial charge in [0.05, 0.1) is 6.20 Å². The van der Waals surface area contributed by atoms with Crippen molar-refractivity contribution in [3.63, 3.8) is 0 Å². The molecule has 1 aliphatic heterocycles. The minimum absolute atomic E-state index is 0.105. The molecule has 1 N–H and O–H groups in total. The zero-order chi connectivity index (χ0) is 15.1. The van der Waals surface area contributed by atoms with Crippen molar-refractivity contribution in [1.29, 1.82) is 0 Å². The third-order valence-electron chi connectivity index (χ3n) is 3.79. The van der Waals surface area contributed by atoms with Crippen LogP contribution in [-0.2, 0) is 6.54 Å². The molecule has 0 spiro atoms. The molecule has 21 heavy (non-hydrogen) atoms. The van der Waals surface area contributed by atoms with E-state index in [1.165, 1.54) is 37.9 Å². The van der Waals surface area contributed by atoms with E-state index in [2.05, 4.69) is 36.0 Å². The Balaban J connectivity index is 1.81. The highest BCUT2D eigenvalue weighted by molar-refractivity contribution is 5.29. The molecule has 0 bridgehead atoms. The minimum atomic E-state index is 0.105. The lowest BCUT2D eigenvalue weighted by Gasteiger charge is -2.26. The molecule has 4 nitrogen and oxygen atoms in total. The van der Waals surface area contributed by atoms with Crippen LogP contribution in [0, 0.1) is 0 Å². The maximum atomic E-state index is 5.96. The lowest BCUT2D eigenvalue weighted by Crippen LogP contribution is -2.35. The highest BCUT2D eigenvalue weighted by Gasteiger charge is 2.12. The SMILES string of the molecule is CC(C)(C)NCc1ccncc1OCCN1CCCCC1. The average molecular weight is 291 g/mol. The fourth-order valence-electron chi connectivity index (χ4n) is 2.51. The summed E-state index contributed by atoms with van der Waals surface area (Å²) >= 11 is 0. The Kier molecular flexibility index (Phi) is 6.00. The summed E-state index contributed by atoms with van der Waals surface area (Å²) in [6, 6.07) is 2.04. The fourth-order valence-corrected chi connectivity index (χ4v) is 2.51. The number of piperidine rings is 1. The van der Waals surface area contributed by atoms with Crippen molar-refractivity contribution >= 4 is 0 Å². The molecule has 1 aromatic rings. The molecule has 1 aromatic heterocycles. The summed E-state index contributed by atoms with van der Waals surface area (Å²) in [7, 11) is 0. The molecule has 0 aromatic carbocycles. The molecule has 4 heteroatoms. The first kappa shape index (κ1) is 16.2. The quantitative estimate of drug-likeness (QED) is 0.874. The molecule has 1 saturated heterocycles. The minimum Gasteiger partial charge on any atom is -0.490 e. The molecule has 1 aliphatic rings. The molecule has 0 amide bonds. The number of likely N-dealkylation sites (tertiary alicyclic amines) is 1. The van der Waals surface area contributed by atoms with Gasteiger partial charge in [-0.2, -0.15) is 0 Å². The Morgan fingerprint density at radius 1 is 1.24 bits per heavy atom. The van der Waals surface area contributed by atoms with Crippen molar-refractivity contribution in [2.75, 3.05) is 26.2 Å². The predicted octanol–water partition coefficient (Wildman–Crippen LogP) is 2.83. The molecule has 2 heterocycles. The van der Waals surface area contributed by atoms with Gasteiger partial charge in [0.25, 0.3) is 0 Å². The van der Waals surface area contributed by atoms with Crippen LogP contribution in [0.5, 0.6) is 5.75 Å². The topological polar surface area (TPSA) is 37.4 Å². The van der Waals surface area contributed by atoms with Crippen molar-refractivity contribution in [2.24, 2.45) is 0 Å². The normalized spacial score (nSPS) is 16.9. The second-order valence-electron chi connectivity index (χ2n) is 6.84. The fraction of sp³-hybridized carbons (Fsp3) is 0.706. The molecular weight excluding hydrogens is 262 g/mol. The van der Waals surface area contributed by atoms with E-state index in [0.29, 0.717) is 0 Å². The lowest BCUT2D eigenvalue weighted by molar-refractivity contribution is 0.182. The van der Waals surface area contributed by atoms with Crippen LogP contribution in [0.2, 0.25) is 0 Å². The predicted molar refractivity (Wildman–Crippen MR) is 86.6 cm³/mol. The van der Waals surface area contributed by atoms with Gasteiger partial charge < -0.3 is 10.1 Å². The third kappa shape index (κ3) is 6.02. The van der Waals surface area contributed by atoms with E-state index in [1.807, 2.05) is 18.5 Å². The van der Waals surface area contributed by atoms with E-state index in [-0.39, 0.29) is 5.54 Å². The van der Waals surface area contributed by atoms with Crippen molar-refractivity contribution in [3.8, 4) is 5.75 Å². The van der Waals surface area contributed by atoms with Crippen LogP contribution in [0.15, 0.2) is 18.5 Å². The van der Waals surface area contributed by atoms with Gasteiger partial charge in [-0.1, -0.05) is 6.42 Å². The van der Waals surface area contributed by atoms with Gasteiger partial charge in [0, 0.05) is 30.4 Å². The summed E-state index contributed by atoms with van der Waals surface area (Å²) in [5, 5.41) is 3.50. The lowest BCUT2D eigenvalue weighted by atomic mass is 10.1. The van der Waals surface area contributed by atoms with E-state index in [4.69, 9.17) is 4.74 Å². The molecule has 0 aliphatic carbocycles. The summed E-state index contributed by atoms with van der Waals surface area (Å²) in [5.74, 6) is 0.909.